The fraction of sp³-hybridized carbons (Fsp3) is 0.619. The molecular weight excluding hydrogens is 374 g/mol. The zero-order chi connectivity index (χ0) is 19.6. The lowest BCUT2D eigenvalue weighted by Gasteiger charge is -2.21. The van der Waals surface area contributed by atoms with Gasteiger partial charge in [-0.25, -0.2) is 8.42 Å². The number of rotatable bonds is 5. The molecule has 1 aromatic carbocycles. The van der Waals surface area contributed by atoms with Crippen LogP contribution in [0.2, 0.25) is 0 Å². The number of amides is 1. The van der Waals surface area contributed by atoms with Gasteiger partial charge >= 0.3 is 0 Å². The summed E-state index contributed by atoms with van der Waals surface area (Å²) in [6.07, 6.45) is 9.22. The number of hydrogen-bond donors (Lipinski definition) is 2. The Morgan fingerprint density at radius 1 is 1.14 bits per heavy atom. The summed E-state index contributed by atoms with van der Waals surface area (Å²) in [6, 6.07) is 6.47. The Morgan fingerprint density at radius 3 is 2.82 bits per heavy atom. The van der Waals surface area contributed by atoms with Crippen LogP contribution in [0, 0.1) is 17.8 Å². The van der Waals surface area contributed by atoms with E-state index in [4.69, 9.17) is 0 Å². The van der Waals surface area contributed by atoms with E-state index in [0.29, 0.717) is 42.7 Å². The van der Waals surface area contributed by atoms with Crippen molar-refractivity contribution in [2.45, 2.75) is 62.7 Å². The molecular formula is C21H29N3O3S. The van der Waals surface area contributed by atoms with Gasteiger partial charge in [0.25, 0.3) is 10.0 Å². The Morgan fingerprint density at radius 2 is 2.04 bits per heavy atom. The Hall–Kier alpha value is -1.89. The topological polar surface area (TPSA) is 87.6 Å². The largest absolute Gasteiger partial charge is 0.326 e. The second-order valence-electron chi connectivity index (χ2n) is 8.46. The first-order valence-corrected chi connectivity index (χ1v) is 11.9. The summed E-state index contributed by atoms with van der Waals surface area (Å²) in [5.74, 6) is 2.51. The van der Waals surface area contributed by atoms with Gasteiger partial charge in [-0.15, -0.1) is 0 Å². The van der Waals surface area contributed by atoms with Crippen LogP contribution in [-0.2, 0) is 14.8 Å². The number of hydrogen-bond acceptors (Lipinski definition) is 4. The third kappa shape index (κ3) is 4.57. The molecule has 1 amide bonds. The smallest absolute Gasteiger partial charge is 0.262 e. The number of benzene rings is 1. The van der Waals surface area contributed by atoms with Crippen LogP contribution in [0.15, 0.2) is 34.2 Å². The molecule has 3 atom stereocenters. The molecule has 152 valence electrons. The number of sulfonamides is 1. The second-order valence-corrected chi connectivity index (χ2v) is 10.1. The first kappa shape index (κ1) is 19.4. The van der Waals surface area contributed by atoms with E-state index in [9.17, 15) is 13.2 Å². The molecule has 28 heavy (non-hydrogen) atoms. The summed E-state index contributed by atoms with van der Waals surface area (Å²) in [5, 5.41) is 2.89. The minimum absolute atomic E-state index is 0.0202. The Bertz CT molecular complexity index is 865. The maximum atomic E-state index is 12.7. The highest BCUT2D eigenvalue weighted by Crippen LogP contribution is 2.49. The van der Waals surface area contributed by atoms with Crippen molar-refractivity contribution in [2.24, 2.45) is 22.7 Å². The van der Waals surface area contributed by atoms with Gasteiger partial charge in [-0.3, -0.25) is 14.5 Å². The molecule has 6 nitrogen and oxygen atoms in total. The van der Waals surface area contributed by atoms with Gasteiger partial charge in [-0.2, -0.15) is 0 Å². The SMILES string of the molecule is O=C(C[C@H]1C[C@@H]2CC[C@@H]1C2)Nc1cccc(S(=O)(=O)NC2=NCCCCC2)c1. The molecule has 0 spiro atoms. The fourth-order valence-corrected chi connectivity index (χ4v) is 6.12. The summed E-state index contributed by atoms with van der Waals surface area (Å²) in [7, 11) is -3.70. The van der Waals surface area contributed by atoms with Crippen molar-refractivity contribution in [1.82, 2.24) is 4.72 Å². The van der Waals surface area contributed by atoms with Gasteiger partial charge in [0.2, 0.25) is 5.91 Å². The zero-order valence-corrected chi connectivity index (χ0v) is 17.0. The predicted octanol–water partition coefficient (Wildman–Crippen LogP) is 3.70. The Kier molecular flexibility index (Phi) is 5.71. The molecule has 3 aliphatic rings. The van der Waals surface area contributed by atoms with Crippen LogP contribution >= 0.6 is 0 Å². The molecule has 7 heteroatoms. The Balaban J connectivity index is 1.39. The maximum Gasteiger partial charge on any atom is 0.262 e. The molecule has 2 bridgehead atoms. The minimum Gasteiger partial charge on any atom is -0.326 e. The molecule has 2 saturated carbocycles. The number of nitrogens with one attached hydrogen (secondary N) is 2. The number of carbonyl (C=O) groups excluding carboxylic acids is 1. The molecule has 1 heterocycles. The average Bonchev–Trinajstić information content (AvgIpc) is 3.18. The van der Waals surface area contributed by atoms with Crippen LogP contribution in [0.1, 0.15) is 57.8 Å². The van der Waals surface area contributed by atoms with E-state index in [1.54, 1.807) is 18.2 Å². The van der Waals surface area contributed by atoms with E-state index in [1.807, 2.05) is 0 Å². The van der Waals surface area contributed by atoms with Gasteiger partial charge in [0, 0.05) is 25.1 Å². The van der Waals surface area contributed by atoms with Gasteiger partial charge < -0.3 is 5.32 Å². The van der Waals surface area contributed by atoms with E-state index < -0.39 is 10.0 Å². The molecule has 1 aliphatic heterocycles. The highest BCUT2D eigenvalue weighted by molar-refractivity contribution is 7.90. The molecule has 2 N–H and O–H groups in total. The number of carbonyl (C=O) groups is 1. The molecule has 2 aliphatic carbocycles. The minimum atomic E-state index is -3.70. The fourth-order valence-electron chi connectivity index (χ4n) is 4.99. The number of anilines is 1. The first-order valence-electron chi connectivity index (χ1n) is 10.5. The number of aliphatic imine (C=N–C) groups is 1. The summed E-state index contributed by atoms with van der Waals surface area (Å²) < 4.78 is 28.0. The van der Waals surface area contributed by atoms with Crippen molar-refractivity contribution in [3.63, 3.8) is 0 Å². The third-order valence-electron chi connectivity index (χ3n) is 6.39. The van der Waals surface area contributed by atoms with Crippen LogP contribution in [0.3, 0.4) is 0 Å². The van der Waals surface area contributed by atoms with Crippen LogP contribution in [0.5, 0.6) is 0 Å². The van der Waals surface area contributed by atoms with E-state index in [2.05, 4.69) is 15.0 Å². The molecule has 1 aromatic rings. The second kappa shape index (κ2) is 8.23. The third-order valence-corrected chi connectivity index (χ3v) is 7.77. The van der Waals surface area contributed by atoms with Crippen LogP contribution in [0.25, 0.3) is 0 Å². The van der Waals surface area contributed by atoms with Gasteiger partial charge in [0.15, 0.2) is 0 Å². The summed E-state index contributed by atoms with van der Waals surface area (Å²) in [4.78, 5) is 17.0. The number of nitrogens with zero attached hydrogens (tertiary/aromatic N) is 1. The highest BCUT2D eigenvalue weighted by Gasteiger charge is 2.40. The molecule has 0 unspecified atom stereocenters. The molecule has 4 rings (SSSR count). The monoisotopic (exact) mass is 403 g/mol. The van der Waals surface area contributed by atoms with E-state index in [-0.39, 0.29) is 10.8 Å². The standard InChI is InChI=1S/C21H29N3O3S/c25-21(13-17-12-15-8-9-16(17)11-15)23-18-5-4-6-19(14-18)28(26,27)24-20-7-2-1-3-10-22-20/h4-6,14-17H,1-3,7-13H2,(H,22,24)(H,23,25)/t15-,16-,17-/m1/s1. The van der Waals surface area contributed by atoms with Gasteiger partial charge in [0.05, 0.1) is 4.90 Å². The first-order chi connectivity index (χ1) is 13.5. The van der Waals surface area contributed by atoms with Gasteiger partial charge in [-0.05, 0) is 68.1 Å². The lowest BCUT2D eigenvalue weighted by atomic mass is 9.86. The number of amidine groups is 1. The lowest BCUT2D eigenvalue weighted by Crippen LogP contribution is -2.30. The predicted molar refractivity (Wildman–Crippen MR) is 110 cm³/mol. The summed E-state index contributed by atoms with van der Waals surface area (Å²) >= 11 is 0. The molecule has 0 aromatic heterocycles. The molecule has 2 fully saturated rings. The van der Waals surface area contributed by atoms with E-state index in [1.165, 1.54) is 31.7 Å². The van der Waals surface area contributed by atoms with Crippen molar-refractivity contribution in [3.8, 4) is 0 Å². The lowest BCUT2D eigenvalue weighted by molar-refractivity contribution is -0.117. The van der Waals surface area contributed by atoms with Crippen LogP contribution in [0.4, 0.5) is 5.69 Å². The normalized spacial score (nSPS) is 27.1. The van der Waals surface area contributed by atoms with Crippen LogP contribution < -0.4 is 10.0 Å². The zero-order valence-electron chi connectivity index (χ0n) is 16.2. The van der Waals surface area contributed by atoms with E-state index in [0.717, 1.165) is 25.2 Å². The van der Waals surface area contributed by atoms with Crippen molar-refractivity contribution in [3.05, 3.63) is 24.3 Å². The van der Waals surface area contributed by atoms with Crippen LogP contribution in [-0.4, -0.2) is 26.7 Å². The average molecular weight is 404 g/mol. The van der Waals surface area contributed by atoms with Crippen molar-refractivity contribution in [2.75, 3.05) is 11.9 Å². The van der Waals surface area contributed by atoms with Gasteiger partial charge in [-0.1, -0.05) is 18.9 Å². The van der Waals surface area contributed by atoms with Crippen molar-refractivity contribution >= 4 is 27.5 Å². The molecule has 0 radical (unpaired) electrons. The van der Waals surface area contributed by atoms with E-state index >= 15 is 0 Å². The highest BCUT2D eigenvalue weighted by atomic mass is 32.2. The molecule has 0 saturated heterocycles. The Labute approximate surface area is 167 Å². The maximum absolute atomic E-state index is 12.7. The quantitative estimate of drug-likeness (QED) is 0.786. The number of fused-ring (bicyclic) bond motifs is 2. The van der Waals surface area contributed by atoms with Crippen molar-refractivity contribution < 1.29 is 13.2 Å². The summed E-state index contributed by atoms with van der Waals surface area (Å²) in [5.41, 5.74) is 0.527. The summed E-state index contributed by atoms with van der Waals surface area (Å²) in [6.45, 7) is 0.664. The van der Waals surface area contributed by atoms with Crippen molar-refractivity contribution in [1.29, 1.82) is 0 Å². The van der Waals surface area contributed by atoms with Gasteiger partial charge in [0.1, 0.15) is 5.84 Å².